The molecule has 1 unspecified atom stereocenters. The van der Waals surface area contributed by atoms with Crippen LogP contribution in [0.5, 0.6) is 5.75 Å². The van der Waals surface area contributed by atoms with Gasteiger partial charge in [-0.3, -0.25) is 9.35 Å². The van der Waals surface area contributed by atoms with Gasteiger partial charge in [-0.15, -0.1) is 0 Å². The van der Waals surface area contributed by atoms with Crippen molar-refractivity contribution in [3.05, 3.63) is 96.1 Å². The van der Waals surface area contributed by atoms with E-state index >= 15 is 0 Å². The standard InChI is InChI=1S/C25H27NO6S/c1-31-24-15-12-22(13-16-24)26(33(28,29)30)23(18-20-8-4-2-5-9-20)14-17-25(27)32-19-21-10-6-3-7-11-21/h2-13,15-16,23H,14,17-19H2,1H3,(H,28,29,30). The minimum atomic E-state index is -4.62. The number of nitrogens with zero attached hydrogens (tertiary/aromatic N) is 1. The van der Waals surface area contributed by atoms with Gasteiger partial charge < -0.3 is 9.47 Å². The number of esters is 1. The van der Waals surface area contributed by atoms with Crippen LogP contribution in [0.1, 0.15) is 24.0 Å². The van der Waals surface area contributed by atoms with Gasteiger partial charge in [0, 0.05) is 6.42 Å². The Morgan fingerprint density at radius 2 is 1.48 bits per heavy atom. The Morgan fingerprint density at radius 3 is 2.03 bits per heavy atom. The van der Waals surface area contributed by atoms with E-state index in [1.54, 1.807) is 24.3 Å². The zero-order chi connectivity index (χ0) is 23.7. The number of methoxy groups -OCH3 is 1. The number of ether oxygens (including phenoxy) is 2. The number of hydrogen-bond donors (Lipinski definition) is 1. The molecule has 0 aliphatic heterocycles. The first-order valence-electron chi connectivity index (χ1n) is 10.5. The van der Waals surface area contributed by atoms with Crippen LogP contribution in [0.2, 0.25) is 0 Å². The molecule has 3 rings (SSSR count). The van der Waals surface area contributed by atoms with Gasteiger partial charge in [0.05, 0.1) is 18.8 Å². The Bertz CT molecular complexity index is 1120. The molecule has 0 saturated heterocycles. The summed E-state index contributed by atoms with van der Waals surface area (Å²) in [7, 11) is -3.11. The van der Waals surface area contributed by atoms with Gasteiger partial charge in [0.2, 0.25) is 0 Å². The fourth-order valence-corrected chi connectivity index (χ4v) is 4.49. The van der Waals surface area contributed by atoms with Crippen LogP contribution >= 0.6 is 0 Å². The molecule has 3 aromatic rings. The summed E-state index contributed by atoms with van der Waals surface area (Å²) >= 11 is 0. The lowest BCUT2D eigenvalue weighted by atomic mass is 10.0. The normalized spacial score (nSPS) is 12.1. The van der Waals surface area contributed by atoms with E-state index in [4.69, 9.17) is 9.47 Å². The summed E-state index contributed by atoms with van der Waals surface area (Å²) in [6.45, 7) is 0.142. The monoisotopic (exact) mass is 469 g/mol. The van der Waals surface area contributed by atoms with Crippen molar-refractivity contribution >= 4 is 22.0 Å². The summed E-state index contributed by atoms with van der Waals surface area (Å²) < 4.78 is 46.3. The van der Waals surface area contributed by atoms with Crippen molar-refractivity contribution < 1.29 is 27.2 Å². The third-order valence-corrected chi connectivity index (χ3v) is 6.15. The fraction of sp³-hybridized carbons (Fsp3) is 0.240. The first-order chi connectivity index (χ1) is 15.9. The number of benzene rings is 3. The van der Waals surface area contributed by atoms with Crippen molar-refractivity contribution in [3.63, 3.8) is 0 Å². The third-order valence-electron chi connectivity index (χ3n) is 5.15. The summed E-state index contributed by atoms with van der Waals surface area (Å²) in [5.41, 5.74) is 2.02. The van der Waals surface area contributed by atoms with Crippen LogP contribution < -0.4 is 9.04 Å². The summed E-state index contributed by atoms with van der Waals surface area (Å²) in [6.07, 6.45) is 0.458. The molecule has 1 N–H and O–H groups in total. The number of hydrogen-bond acceptors (Lipinski definition) is 5. The van der Waals surface area contributed by atoms with Crippen molar-refractivity contribution in [3.8, 4) is 5.75 Å². The highest BCUT2D eigenvalue weighted by Gasteiger charge is 2.30. The molecule has 0 fully saturated rings. The lowest BCUT2D eigenvalue weighted by Crippen LogP contribution is -2.42. The van der Waals surface area contributed by atoms with Crippen LogP contribution in [0.25, 0.3) is 0 Å². The lowest BCUT2D eigenvalue weighted by Gasteiger charge is -2.30. The smallest absolute Gasteiger partial charge is 0.360 e. The third kappa shape index (κ3) is 7.34. The van der Waals surface area contributed by atoms with E-state index in [2.05, 4.69) is 0 Å². The predicted molar refractivity (Wildman–Crippen MR) is 126 cm³/mol. The van der Waals surface area contributed by atoms with Gasteiger partial charge in [-0.2, -0.15) is 8.42 Å². The minimum Gasteiger partial charge on any atom is -0.497 e. The lowest BCUT2D eigenvalue weighted by molar-refractivity contribution is -0.145. The van der Waals surface area contributed by atoms with E-state index in [9.17, 15) is 17.8 Å². The average Bonchev–Trinajstić information content (AvgIpc) is 2.82. The van der Waals surface area contributed by atoms with E-state index in [1.165, 1.54) is 7.11 Å². The second-order valence-corrected chi connectivity index (χ2v) is 8.79. The Hall–Kier alpha value is -3.36. The van der Waals surface area contributed by atoms with Gasteiger partial charge in [0.15, 0.2) is 0 Å². The molecule has 0 bridgehead atoms. The van der Waals surface area contributed by atoms with Crippen LogP contribution in [0.3, 0.4) is 0 Å². The molecule has 0 amide bonds. The highest BCUT2D eigenvalue weighted by Crippen LogP contribution is 2.27. The molecule has 0 spiro atoms. The number of rotatable bonds is 11. The minimum absolute atomic E-state index is 0.00743. The quantitative estimate of drug-likeness (QED) is 0.330. The number of carbonyl (C=O) groups excluding carboxylic acids is 1. The number of anilines is 1. The van der Waals surface area contributed by atoms with E-state index in [1.807, 2.05) is 60.7 Å². The summed E-state index contributed by atoms with van der Waals surface area (Å²) in [4.78, 5) is 12.4. The highest BCUT2D eigenvalue weighted by molar-refractivity contribution is 7.87. The van der Waals surface area contributed by atoms with Crippen molar-refractivity contribution in [2.24, 2.45) is 0 Å². The molecule has 0 aromatic heterocycles. The molecule has 0 aliphatic rings. The summed E-state index contributed by atoms with van der Waals surface area (Å²) in [5.74, 6) is 0.111. The van der Waals surface area contributed by atoms with Gasteiger partial charge >= 0.3 is 16.3 Å². The number of carbonyl (C=O) groups is 1. The maximum Gasteiger partial charge on any atom is 0.360 e. The van der Waals surface area contributed by atoms with Crippen molar-refractivity contribution in [2.45, 2.75) is 31.9 Å². The fourth-order valence-electron chi connectivity index (χ4n) is 3.54. The van der Waals surface area contributed by atoms with Crippen molar-refractivity contribution in [1.29, 1.82) is 0 Å². The molecule has 8 heteroatoms. The SMILES string of the molecule is COc1ccc(N(C(CCC(=O)OCc2ccccc2)Cc2ccccc2)S(=O)(=O)O)cc1. The second kappa shape index (κ2) is 11.5. The molecular weight excluding hydrogens is 442 g/mol. The zero-order valence-corrected chi connectivity index (χ0v) is 19.1. The topological polar surface area (TPSA) is 93.1 Å². The molecule has 33 heavy (non-hydrogen) atoms. The van der Waals surface area contributed by atoms with Gasteiger partial charge in [-0.25, -0.2) is 4.31 Å². The second-order valence-electron chi connectivity index (χ2n) is 7.50. The first-order valence-corrected chi connectivity index (χ1v) is 11.9. The van der Waals surface area contributed by atoms with Crippen LogP contribution in [-0.2, 0) is 32.9 Å². The summed E-state index contributed by atoms with van der Waals surface area (Å²) in [6, 6.07) is 24.2. The average molecular weight is 470 g/mol. The molecule has 0 saturated carbocycles. The Balaban J connectivity index is 1.79. The Kier molecular flexibility index (Phi) is 8.46. The molecule has 3 aromatic carbocycles. The summed E-state index contributed by atoms with van der Waals surface area (Å²) in [5, 5.41) is 0. The Labute approximate surface area is 194 Å². The molecule has 1 atom stereocenters. The largest absolute Gasteiger partial charge is 0.497 e. The van der Waals surface area contributed by atoms with E-state index in [-0.39, 0.29) is 25.1 Å². The van der Waals surface area contributed by atoms with Crippen molar-refractivity contribution in [1.82, 2.24) is 0 Å². The van der Waals surface area contributed by atoms with Gasteiger partial charge in [-0.1, -0.05) is 60.7 Å². The van der Waals surface area contributed by atoms with Crippen LogP contribution in [-0.4, -0.2) is 32.1 Å². The van der Waals surface area contributed by atoms with E-state index < -0.39 is 22.3 Å². The van der Waals surface area contributed by atoms with Gasteiger partial charge in [0.1, 0.15) is 12.4 Å². The van der Waals surface area contributed by atoms with Gasteiger partial charge in [-0.05, 0) is 48.2 Å². The highest BCUT2D eigenvalue weighted by atomic mass is 32.2. The maximum atomic E-state index is 12.4. The van der Waals surface area contributed by atoms with Gasteiger partial charge in [0.25, 0.3) is 0 Å². The molecule has 0 aliphatic carbocycles. The zero-order valence-electron chi connectivity index (χ0n) is 18.3. The van der Waals surface area contributed by atoms with Crippen LogP contribution in [0.15, 0.2) is 84.9 Å². The Morgan fingerprint density at radius 1 is 0.909 bits per heavy atom. The molecule has 0 heterocycles. The first kappa shape index (κ1) is 24.3. The van der Waals surface area contributed by atoms with Crippen LogP contribution in [0.4, 0.5) is 5.69 Å². The van der Waals surface area contributed by atoms with Crippen LogP contribution in [0, 0.1) is 0 Å². The van der Waals surface area contributed by atoms with E-state index in [0.29, 0.717) is 12.2 Å². The molecule has 174 valence electrons. The molecule has 7 nitrogen and oxygen atoms in total. The van der Waals surface area contributed by atoms with E-state index in [0.717, 1.165) is 15.4 Å². The molecule has 0 radical (unpaired) electrons. The van der Waals surface area contributed by atoms with Crippen molar-refractivity contribution in [2.75, 3.05) is 11.4 Å². The maximum absolute atomic E-state index is 12.4. The molecular formula is C25H27NO6S. The predicted octanol–water partition coefficient (Wildman–Crippen LogP) is 4.44.